The lowest BCUT2D eigenvalue weighted by Gasteiger charge is -2.37. The minimum absolute atomic E-state index is 0.286. The van der Waals surface area contributed by atoms with Gasteiger partial charge in [0.1, 0.15) is 6.33 Å². The summed E-state index contributed by atoms with van der Waals surface area (Å²) in [6.45, 7) is 3.18. The van der Waals surface area contributed by atoms with Crippen LogP contribution in [0.5, 0.6) is 0 Å². The van der Waals surface area contributed by atoms with E-state index in [1.54, 1.807) is 6.33 Å². The summed E-state index contributed by atoms with van der Waals surface area (Å²) in [6.07, 6.45) is 7.79. The number of hydrogen-bond acceptors (Lipinski definition) is 6. The third-order valence-electron chi connectivity index (χ3n) is 5.30. The molecule has 3 fully saturated rings. The Morgan fingerprint density at radius 2 is 2.12 bits per heavy atom. The summed E-state index contributed by atoms with van der Waals surface area (Å²) in [5.41, 5.74) is 2.05. The van der Waals surface area contributed by atoms with Gasteiger partial charge in [-0.1, -0.05) is 0 Å². The van der Waals surface area contributed by atoms with E-state index in [2.05, 4.69) is 20.9 Å². The van der Waals surface area contributed by atoms with Gasteiger partial charge in [0, 0.05) is 25.1 Å². The van der Waals surface area contributed by atoms with Crippen molar-refractivity contribution in [1.29, 1.82) is 0 Å². The Morgan fingerprint density at radius 3 is 2.96 bits per heavy atom. The van der Waals surface area contributed by atoms with Gasteiger partial charge in [0.15, 0.2) is 5.65 Å². The minimum atomic E-state index is 0.286. The van der Waals surface area contributed by atoms with E-state index < -0.39 is 0 Å². The fourth-order valence-corrected chi connectivity index (χ4v) is 3.84. The van der Waals surface area contributed by atoms with Crippen LogP contribution in [0.3, 0.4) is 0 Å². The molecule has 2 aliphatic heterocycles. The molecule has 0 amide bonds. The average Bonchev–Trinajstić information content (AvgIpc) is 3.16. The summed E-state index contributed by atoms with van der Waals surface area (Å²) >= 11 is 0. The van der Waals surface area contributed by atoms with Crippen LogP contribution in [0.15, 0.2) is 12.4 Å². The van der Waals surface area contributed by atoms with Gasteiger partial charge in [-0.25, -0.2) is 9.97 Å². The van der Waals surface area contributed by atoms with E-state index in [-0.39, 0.29) is 6.04 Å². The lowest BCUT2D eigenvalue weighted by atomic mass is 10.1. The largest absolute Gasteiger partial charge is 0.378 e. The number of fused-ring (bicyclic) bond motifs is 1. The topological polar surface area (TPSA) is 64.8 Å². The molecule has 2 saturated heterocycles. The van der Waals surface area contributed by atoms with Crippen molar-refractivity contribution in [1.82, 2.24) is 19.6 Å². The van der Waals surface area contributed by atoms with Crippen molar-refractivity contribution in [2.45, 2.75) is 50.2 Å². The molecule has 1 saturated carbocycles. The van der Waals surface area contributed by atoms with Crippen LogP contribution < -0.4 is 4.90 Å². The molecule has 7 heteroatoms. The van der Waals surface area contributed by atoms with Crippen LogP contribution in [0.4, 0.5) is 5.95 Å². The summed E-state index contributed by atoms with van der Waals surface area (Å²) < 4.78 is 13.5. The number of nitrogens with zero attached hydrogens (tertiary/aromatic N) is 5. The van der Waals surface area contributed by atoms with Crippen LogP contribution in [0.2, 0.25) is 0 Å². The molecule has 2 aromatic rings. The maximum absolute atomic E-state index is 5.83. The second-order valence-electron chi connectivity index (χ2n) is 7.08. The van der Waals surface area contributed by atoms with Crippen LogP contribution in [-0.2, 0) is 9.47 Å². The predicted octanol–water partition coefficient (Wildman–Crippen LogP) is 1.78. The van der Waals surface area contributed by atoms with E-state index in [4.69, 9.17) is 14.6 Å². The van der Waals surface area contributed by atoms with Crippen molar-refractivity contribution in [2.24, 2.45) is 0 Å². The third-order valence-corrected chi connectivity index (χ3v) is 5.30. The maximum Gasteiger partial charge on any atom is 0.230 e. The summed E-state index contributed by atoms with van der Waals surface area (Å²) in [6, 6.07) is 2.40. The van der Waals surface area contributed by atoms with Gasteiger partial charge in [-0.05, 0) is 32.1 Å². The Balaban J connectivity index is 1.46. The van der Waals surface area contributed by atoms with Crippen molar-refractivity contribution in [3.05, 3.63) is 18.1 Å². The Bertz CT molecular complexity index is 723. The number of anilines is 1. The van der Waals surface area contributed by atoms with E-state index in [9.17, 15) is 0 Å². The predicted molar refractivity (Wildman–Crippen MR) is 88.3 cm³/mol. The minimum Gasteiger partial charge on any atom is -0.378 e. The van der Waals surface area contributed by atoms with E-state index in [1.165, 1.54) is 19.3 Å². The molecule has 24 heavy (non-hydrogen) atoms. The molecule has 0 N–H and O–H groups in total. The highest BCUT2D eigenvalue weighted by Gasteiger charge is 2.32. The number of morpholine rings is 1. The lowest BCUT2D eigenvalue weighted by molar-refractivity contribution is 0.0534. The van der Waals surface area contributed by atoms with Crippen LogP contribution in [-0.4, -0.2) is 58.1 Å². The normalized spacial score (nSPS) is 27.9. The molecular weight excluding hydrogens is 306 g/mol. The quantitative estimate of drug-likeness (QED) is 0.852. The molecule has 5 rings (SSSR count). The number of rotatable bonds is 4. The van der Waals surface area contributed by atoms with Gasteiger partial charge in [-0.15, -0.1) is 0 Å². The number of aromatic nitrogens is 4. The molecular formula is C17H23N5O2. The highest BCUT2D eigenvalue weighted by molar-refractivity contribution is 5.47. The second-order valence-corrected chi connectivity index (χ2v) is 7.08. The molecule has 0 radical (unpaired) electrons. The summed E-state index contributed by atoms with van der Waals surface area (Å²) in [5.74, 6) is 1.50. The van der Waals surface area contributed by atoms with Gasteiger partial charge in [0.25, 0.3) is 0 Å². The smallest absolute Gasteiger partial charge is 0.230 e. The maximum atomic E-state index is 5.83. The Labute approximate surface area is 141 Å². The van der Waals surface area contributed by atoms with E-state index >= 15 is 0 Å². The summed E-state index contributed by atoms with van der Waals surface area (Å²) in [5, 5.41) is 4.79. The van der Waals surface area contributed by atoms with Crippen LogP contribution >= 0.6 is 0 Å². The molecule has 3 aliphatic rings. The first-order chi connectivity index (χ1) is 11.9. The Hall–Kier alpha value is -1.73. The molecule has 0 aromatic carbocycles. The van der Waals surface area contributed by atoms with Crippen LogP contribution in [0.1, 0.15) is 43.7 Å². The molecule has 7 nitrogen and oxygen atoms in total. The van der Waals surface area contributed by atoms with Gasteiger partial charge in [0.2, 0.25) is 5.95 Å². The zero-order valence-electron chi connectivity index (χ0n) is 13.8. The van der Waals surface area contributed by atoms with Gasteiger partial charge in [-0.3, -0.25) is 0 Å². The SMILES string of the molecule is c1nc(N2CCOCC2CC2CCCO2)n2nc(C3CC3)cc2n1. The molecule has 2 unspecified atom stereocenters. The average molecular weight is 329 g/mol. The molecule has 2 aromatic heterocycles. The first-order valence-corrected chi connectivity index (χ1v) is 9.05. The van der Waals surface area contributed by atoms with Crippen LogP contribution in [0, 0.1) is 0 Å². The Kier molecular flexibility index (Phi) is 3.63. The first kappa shape index (κ1) is 14.6. The van der Waals surface area contributed by atoms with Crippen molar-refractivity contribution in [3.8, 4) is 0 Å². The van der Waals surface area contributed by atoms with Crippen molar-refractivity contribution < 1.29 is 9.47 Å². The molecule has 2 atom stereocenters. The summed E-state index contributed by atoms with van der Waals surface area (Å²) in [7, 11) is 0. The van der Waals surface area contributed by atoms with Crippen molar-refractivity contribution >= 4 is 11.6 Å². The zero-order chi connectivity index (χ0) is 15.9. The monoisotopic (exact) mass is 329 g/mol. The molecule has 4 heterocycles. The van der Waals surface area contributed by atoms with E-state index in [1.807, 2.05) is 4.52 Å². The summed E-state index contributed by atoms with van der Waals surface area (Å²) in [4.78, 5) is 11.3. The van der Waals surface area contributed by atoms with Crippen molar-refractivity contribution in [3.63, 3.8) is 0 Å². The third kappa shape index (κ3) is 2.65. The molecule has 128 valence electrons. The molecule has 0 spiro atoms. The van der Waals surface area contributed by atoms with Gasteiger partial charge in [-0.2, -0.15) is 9.61 Å². The van der Waals surface area contributed by atoms with Gasteiger partial charge in [0.05, 0.1) is 31.1 Å². The van der Waals surface area contributed by atoms with Gasteiger partial charge >= 0.3 is 0 Å². The Morgan fingerprint density at radius 1 is 1.17 bits per heavy atom. The number of ether oxygens (including phenoxy) is 2. The molecule has 1 aliphatic carbocycles. The van der Waals surface area contributed by atoms with E-state index in [0.717, 1.165) is 56.5 Å². The fraction of sp³-hybridized carbons (Fsp3) is 0.706. The molecule has 0 bridgehead atoms. The first-order valence-electron chi connectivity index (χ1n) is 9.05. The number of hydrogen-bond donors (Lipinski definition) is 0. The van der Waals surface area contributed by atoms with E-state index in [0.29, 0.717) is 12.0 Å². The zero-order valence-corrected chi connectivity index (χ0v) is 13.8. The second kappa shape index (κ2) is 5.97. The van der Waals surface area contributed by atoms with Crippen LogP contribution in [0.25, 0.3) is 5.65 Å². The van der Waals surface area contributed by atoms with Gasteiger partial charge < -0.3 is 14.4 Å². The van der Waals surface area contributed by atoms with Crippen molar-refractivity contribution in [2.75, 3.05) is 31.3 Å². The highest BCUT2D eigenvalue weighted by Crippen LogP contribution is 2.39. The standard InChI is InChI=1S/C17H23N5O2/c1-2-14(24-6-1)8-13-10-23-7-5-21(13)17-19-11-18-16-9-15(12-3-4-12)20-22(16)17/h9,11-14H,1-8,10H2. The lowest BCUT2D eigenvalue weighted by Crippen LogP contribution is -2.48. The fourth-order valence-electron chi connectivity index (χ4n) is 3.84. The highest BCUT2D eigenvalue weighted by atomic mass is 16.5.